The van der Waals surface area contributed by atoms with Gasteiger partial charge in [0.25, 0.3) is 0 Å². The van der Waals surface area contributed by atoms with Gasteiger partial charge in [0, 0.05) is 6.21 Å². The van der Waals surface area contributed by atoms with Crippen LogP contribution in [0.4, 0.5) is 0 Å². The molecule has 0 spiro atoms. The Labute approximate surface area is 86.2 Å². The Kier molecular flexibility index (Phi) is 4.11. The van der Waals surface area contributed by atoms with Crippen LogP contribution in [0.3, 0.4) is 0 Å². The van der Waals surface area contributed by atoms with Crippen molar-refractivity contribution >= 4 is 6.21 Å². The Morgan fingerprint density at radius 3 is 3.07 bits per heavy atom. The van der Waals surface area contributed by atoms with Crippen LogP contribution < -0.4 is 0 Å². The average molecular weight is 187 g/mol. The molecule has 0 aromatic carbocycles. The van der Waals surface area contributed by atoms with Gasteiger partial charge in [0.1, 0.15) is 0 Å². The molecule has 0 fully saturated rings. The minimum Gasteiger partial charge on any atom is -0.285 e. The van der Waals surface area contributed by atoms with Crippen LogP contribution in [-0.4, -0.2) is 12.3 Å². The van der Waals surface area contributed by atoms with Gasteiger partial charge in [-0.2, -0.15) is 0 Å². The Hall–Kier alpha value is -1.37. The molecule has 0 radical (unpaired) electrons. The van der Waals surface area contributed by atoms with E-state index in [0.717, 1.165) is 6.42 Å². The zero-order valence-electron chi connectivity index (χ0n) is 8.90. The molecule has 1 unspecified atom stereocenters. The van der Waals surface area contributed by atoms with E-state index in [1.807, 2.05) is 38.3 Å². The van der Waals surface area contributed by atoms with Crippen LogP contribution in [0.1, 0.15) is 20.3 Å². The van der Waals surface area contributed by atoms with E-state index >= 15 is 0 Å². The SMILES string of the molecule is C=C(C)CC1N=CC=C/C1=C/C=C\C. The molecule has 1 atom stereocenters. The molecule has 0 N–H and O–H groups in total. The second kappa shape index (κ2) is 5.38. The average Bonchev–Trinajstić information content (AvgIpc) is 2.16. The highest BCUT2D eigenvalue weighted by Crippen LogP contribution is 2.18. The van der Waals surface area contributed by atoms with E-state index in [2.05, 4.69) is 23.7 Å². The molecule has 1 aliphatic heterocycles. The largest absolute Gasteiger partial charge is 0.285 e. The third kappa shape index (κ3) is 3.17. The number of aliphatic imine (C=N–C) groups is 1. The summed E-state index contributed by atoms with van der Waals surface area (Å²) in [5.41, 5.74) is 2.43. The maximum Gasteiger partial charge on any atom is 0.0785 e. The quantitative estimate of drug-likeness (QED) is 0.600. The van der Waals surface area contributed by atoms with Crippen LogP contribution >= 0.6 is 0 Å². The lowest BCUT2D eigenvalue weighted by Crippen LogP contribution is -2.10. The van der Waals surface area contributed by atoms with Gasteiger partial charge >= 0.3 is 0 Å². The van der Waals surface area contributed by atoms with E-state index in [-0.39, 0.29) is 6.04 Å². The molecule has 1 aliphatic rings. The van der Waals surface area contributed by atoms with Crippen molar-refractivity contribution in [3.05, 3.63) is 48.1 Å². The zero-order valence-corrected chi connectivity index (χ0v) is 8.90. The van der Waals surface area contributed by atoms with Crippen LogP contribution in [0.15, 0.2) is 53.1 Å². The lowest BCUT2D eigenvalue weighted by atomic mass is 9.98. The smallest absolute Gasteiger partial charge is 0.0785 e. The standard InChI is InChI=1S/C13H17N/c1-4-5-7-12-8-6-9-14-13(12)10-11(2)3/h4-9,13H,2,10H2,1,3H3/b5-4-,12-7-. The minimum atomic E-state index is 0.258. The van der Waals surface area contributed by atoms with Crippen molar-refractivity contribution in [1.29, 1.82) is 0 Å². The predicted octanol–water partition coefficient (Wildman–Crippen LogP) is 3.46. The molecular weight excluding hydrogens is 170 g/mol. The summed E-state index contributed by atoms with van der Waals surface area (Å²) in [5.74, 6) is 0. The second-order valence-corrected chi connectivity index (χ2v) is 3.53. The highest BCUT2D eigenvalue weighted by molar-refractivity contribution is 5.74. The molecule has 0 aromatic heterocycles. The minimum absolute atomic E-state index is 0.258. The molecule has 0 saturated carbocycles. The molecule has 0 amide bonds. The van der Waals surface area contributed by atoms with Gasteiger partial charge in [0.05, 0.1) is 6.04 Å². The lowest BCUT2D eigenvalue weighted by Gasteiger charge is -2.15. The normalized spacial score (nSPS) is 23.6. The number of allylic oxidation sites excluding steroid dienone is 4. The summed E-state index contributed by atoms with van der Waals surface area (Å²) < 4.78 is 0. The maximum atomic E-state index is 4.43. The molecule has 0 bridgehead atoms. The van der Waals surface area contributed by atoms with Crippen LogP contribution in [-0.2, 0) is 0 Å². The Balaban J connectivity index is 2.76. The van der Waals surface area contributed by atoms with Gasteiger partial charge in [-0.05, 0) is 31.9 Å². The van der Waals surface area contributed by atoms with Gasteiger partial charge < -0.3 is 0 Å². The summed E-state index contributed by atoms with van der Waals surface area (Å²) in [4.78, 5) is 4.43. The van der Waals surface area contributed by atoms with Crippen LogP contribution in [0.5, 0.6) is 0 Å². The Bertz CT molecular complexity index is 316. The van der Waals surface area contributed by atoms with E-state index in [9.17, 15) is 0 Å². The molecule has 14 heavy (non-hydrogen) atoms. The summed E-state index contributed by atoms with van der Waals surface area (Å²) >= 11 is 0. The van der Waals surface area contributed by atoms with Crippen molar-refractivity contribution in [3.63, 3.8) is 0 Å². The van der Waals surface area contributed by atoms with Gasteiger partial charge in [-0.15, -0.1) is 6.58 Å². The van der Waals surface area contributed by atoms with Crippen LogP contribution in [0, 0.1) is 0 Å². The number of hydrogen-bond acceptors (Lipinski definition) is 1. The molecule has 1 heteroatoms. The number of rotatable bonds is 3. The zero-order chi connectivity index (χ0) is 10.4. The van der Waals surface area contributed by atoms with Crippen molar-refractivity contribution in [3.8, 4) is 0 Å². The fourth-order valence-electron chi connectivity index (χ4n) is 1.38. The summed E-state index contributed by atoms with van der Waals surface area (Å²) in [6.07, 6.45) is 13.1. The molecule has 0 aliphatic carbocycles. The summed E-state index contributed by atoms with van der Waals surface area (Å²) in [6.45, 7) is 7.98. The van der Waals surface area contributed by atoms with E-state index < -0.39 is 0 Å². The fraction of sp³-hybridized carbons (Fsp3) is 0.308. The van der Waals surface area contributed by atoms with E-state index in [1.165, 1.54) is 11.1 Å². The summed E-state index contributed by atoms with van der Waals surface area (Å²) in [5, 5.41) is 0. The fourth-order valence-corrected chi connectivity index (χ4v) is 1.38. The van der Waals surface area contributed by atoms with Gasteiger partial charge in [0.15, 0.2) is 0 Å². The Morgan fingerprint density at radius 1 is 1.64 bits per heavy atom. The third-order valence-electron chi connectivity index (χ3n) is 2.05. The molecular formula is C13H17N. The maximum absolute atomic E-state index is 4.43. The molecule has 1 rings (SSSR count). The summed E-state index contributed by atoms with van der Waals surface area (Å²) in [7, 11) is 0. The molecule has 1 heterocycles. The van der Waals surface area contributed by atoms with Crippen LogP contribution in [0.2, 0.25) is 0 Å². The predicted molar refractivity (Wildman–Crippen MR) is 63.7 cm³/mol. The third-order valence-corrected chi connectivity index (χ3v) is 2.05. The highest BCUT2D eigenvalue weighted by Gasteiger charge is 2.11. The lowest BCUT2D eigenvalue weighted by molar-refractivity contribution is 0.776. The first-order chi connectivity index (χ1) is 6.74. The van der Waals surface area contributed by atoms with Gasteiger partial charge in [-0.25, -0.2) is 0 Å². The van der Waals surface area contributed by atoms with Gasteiger partial charge in [-0.3, -0.25) is 4.99 Å². The van der Waals surface area contributed by atoms with E-state index in [0.29, 0.717) is 0 Å². The first-order valence-corrected chi connectivity index (χ1v) is 4.91. The number of hydrogen-bond donors (Lipinski definition) is 0. The van der Waals surface area contributed by atoms with Crippen molar-refractivity contribution < 1.29 is 0 Å². The van der Waals surface area contributed by atoms with Crippen molar-refractivity contribution in [2.75, 3.05) is 0 Å². The molecule has 0 saturated heterocycles. The topological polar surface area (TPSA) is 12.4 Å². The van der Waals surface area contributed by atoms with Gasteiger partial charge in [-0.1, -0.05) is 29.9 Å². The molecule has 74 valence electrons. The first-order valence-electron chi connectivity index (χ1n) is 4.91. The van der Waals surface area contributed by atoms with Crippen molar-refractivity contribution in [1.82, 2.24) is 0 Å². The number of nitrogens with zero attached hydrogens (tertiary/aromatic N) is 1. The highest BCUT2D eigenvalue weighted by atomic mass is 14.8. The molecule has 1 nitrogen and oxygen atoms in total. The monoisotopic (exact) mass is 187 g/mol. The first kappa shape index (κ1) is 10.7. The van der Waals surface area contributed by atoms with E-state index in [1.54, 1.807) is 0 Å². The number of dihydropyridines is 1. The van der Waals surface area contributed by atoms with Crippen molar-refractivity contribution in [2.45, 2.75) is 26.3 Å². The second-order valence-electron chi connectivity index (χ2n) is 3.53. The van der Waals surface area contributed by atoms with Crippen molar-refractivity contribution in [2.24, 2.45) is 4.99 Å². The van der Waals surface area contributed by atoms with Gasteiger partial charge in [0.2, 0.25) is 0 Å². The summed E-state index contributed by atoms with van der Waals surface area (Å²) in [6, 6.07) is 0.258. The van der Waals surface area contributed by atoms with E-state index in [4.69, 9.17) is 0 Å². The Morgan fingerprint density at radius 2 is 2.43 bits per heavy atom. The molecule has 0 aromatic rings. The van der Waals surface area contributed by atoms with Crippen LogP contribution in [0.25, 0.3) is 0 Å².